The maximum Gasteiger partial charge on any atom is 0.416 e. The van der Waals surface area contributed by atoms with Gasteiger partial charge in [-0.3, -0.25) is 4.79 Å². The molecule has 0 radical (unpaired) electrons. The number of hydrogen-bond donors (Lipinski definition) is 2. The molecular formula is C30H17Br2ClF3N3O3. The topological polar surface area (TPSA) is 83.5 Å². The van der Waals surface area contributed by atoms with E-state index in [4.69, 9.17) is 16.3 Å². The lowest BCUT2D eigenvalue weighted by Gasteiger charge is -2.10. The Morgan fingerprint density at radius 3 is 2.43 bits per heavy atom. The van der Waals surface area contributed by atoms with E-state index in [0.717, 1.165) is 22.0 Å². The van der Waals surface area contributed by atoms with Gasteiger partial charge < -0.3 is 9.72 Å². The van der Waals surface area contributed by atoms with Crippen molar-refractivity contribution in [2.45, 2.75) is 6.18 Å². The van der Waals surface area contributed by atoms with Gasteiger partial charge in [-0.05, 0) is 60.7 Å². The number of H-pyrrole nitrogens is 1. The van der Waals surface area contributed by atoms with Gasteiger partial charge in [0, 0.05) is 41.6 Å². The molecule has 5 rings (SSSR count). The van der Waals surface area contributed by atoms with Crippen molar-refractivity contribution in [3.8, 4) is 16.9 Å². The zero-order valence-electron chi connectivity index (χ0n) is 21.1. The molecule has 0 spiro atoms. The van der Waals surface area contributed by atoms with Crippen LogP contribution in [0.2, 0.25) is 5.02 Å². The van der Waals surface area contributed by atoms with E-state index in [2.05, 4.69) is 47.4 Å². The van der Waals surface area contributed by atoms with Gasteiger partial charge in [0.05, 0.1) is 17.3 Å². The molecule has 2 N–H and O–H groups in total. The molecule has 5 aromatic rings. The molecule has 0 saturated heterocycles. The van der Waals surface area contributed by atoms with E-state index in [1.54, 1.807) is 30.3 Å². The van der Waals surface area contributed by atoms with Crippen molar-refractivity contribution in [2.75, 3.05) is 0 Å². The third-order valence-electron chi connectivity index (χ3n) is 6.10. The van der Waals surface area contributed by atoms with E-state index in [9.17, 15) is 22.8 Å². The van der Waals surface area contributed by atoms with Crippen LogP contribution in [0.15, 0.2) is 99.0 Å². The van der Waals surface area contributed by atoms with Crippen LogP contribution >= 0.6 is 43.5 Å². The van der Waals surface area contributed by atoms with Gasteiger partial charge in [-0.2, -0.15) is 18.3 Å². The largest absolute Gasteiger partial charge is 0.422 e. The van der Waals surface area contributed by atoms with Crippen LogP contribution in [0, 0.1) is 0 Å². The van der Waals surface area contributed by atoms with Crippen molar-refractivity contribution >= 4 is 72.5 Å². The molecule has 0 fully saturated rings. The summed E-state index contributed by atoms with van der Waals surface area (Å²) in [5, 5.41) is 5.27. The second-order valence-corrected chi connectivity index (χ2v) is 11.1. The number of aromatic nitrogens is 1. The highest BCUT2D eigenvalue weighted by Crippen LogP contribution is 2.38. The minimum Gasteiger partial charge on any atom is -0.422 e. The summed E-state index contributed by atoms with van der Waals surface area (Å²) in [6.45, 7) is 0. The van der Waals surface area contributed by atoms with Gasteiger partial charge in [0.1, 0.15) is 11.4 Å². The van der Waals surface area contributed by atoms with Crippen molar-refractivity contribution in [1.29, 1.82) is 0 Å². The second-order valence-electron chi connectivity index (χ2n) is 8.89. The fourth-order valence-electron chi connectivity index (χ4n) is 4.19. The number of alkyl halides is 3. The Kier molecular flexibility index (Phi) is 8.53. The highest BCUT2D eigenvalue weighted by atomic mass is 79.9. The van der Waals surface area contributed by atoms with E-state index in [0.29, 0.717) is 32.2 Å². The van der Waals surface area contributed by atoms with Crippen molar-refractivity contribution < 1.29 is 27.5 Å². The number of rotatable bonds is 6. The molecule has 0 unspecified atom stereocenters. The van der Waals surface area contributed by atoms with Gasteiger partial charge in [0.2, 0.25) is 0 Å². The average Bonchev–Trinajstić information content (AvgIpc) is 3.32. The number of nitrogens with one attached hydrogen (secondary N) is 2. The number of benzene rings is 4. The number of ether oxygens (including phenoxy) is 1. The molecule has 1 heterocycles. The molecule has 0 atom stereocenters. The molecule has 6 nitrogen and oxygen atoms in total. The van der Waals surface area contributed by atoms with Crippen LogP contribution in [0.1, 0.15) is 32.0 Å². The summed E-state index contributed by atoms with van der Waals surface area (Å²) in [6.07, 6.45) is -3.36. The lowest BCUT2D eigenvalue weighted by atomic mass is 10.0. The van der Waals surface area contributed by atoms with Gasteiger partial charge >= 0.3 is 12.1 Å². The smallest absolute Gasteiger partial charge is 0.416 e. The highest BCUT2D eigenvalue weighted by Gasteiger charge is 2.31. The number of halogens is 6. The average molecular weight is 720 g/mol. The Morgan fingerprint density at radius 2 is 1.67 bits per heavy atom. The standard InChI is InChI=1S/C30H17Br2ClF3N3O3/c31-19-9-11-25(42-29(41)16-4-3-5-18(12-16)30(34,35)36)17(13-19)15-37-39-28(40)27-26(21-6-1-2-7-23(21)33)22-14-20(32)8-10-24(22)38-27/h1-15,38H,(H,39,40). The molecule has 1 aromatic heterocycles. The maximum atomic E-state index is 13.3. The summed E-state index contributed by atoms with van der Waals surface area (Å²) in [4.78, 5) is 29.1. The van der Waals surface area contributed by atoms with Gasteiger partial charge in [-0.15, -0.1) is 0 Å². The van der Waals surface area contributed by atoms with Crippen molar-refractivity contribution in [3.05, 3.63) is 121 Å². The van der Waals surface area contributed by atoms with Gasteiger partial charge in [0.25, 0.3) is 5.91 Å². The summed E-state index contributed by atoms with van der Waals surface area (Å²) in [6, 6.07) is 21.2. The summed E-state index contributed by atoms with van der Waals surface area (Å²) in [5.41, 5.74) is 3.66. The Balaban J connectivity index is 1.41. The van der Waals surface area contributed by atoms with Crippen LogP contribution in [-0.4, -0.2) is 23.1 Å². The quantitative estimate of drug-likeness (QED) is 0.0796. The lowest BCUT2D eigenvalue weighted by molar-refractivity contribution is -0.137. The van der Waals surface area contributed by atoms with E-state index in [-0.39, 0.29) is 22.6 Å². The van der Waals surface area contributed by atoms with Crippen molar-refractivity contribution in [3.63, 3.8) is 0 Å². The SMILES string of the molecule is O=C(Oc1ccc(Br)cc1C=NNC(=O)c1[nH]c2ccc(Br)cc2c1-c1ccccc1Cl)c1cccc(C(F)(F)F)c1. The normalized spacial score (nSPS) is 11.7. The highest BCUT2D eigenvalue weighted by molar-refractivity contribution is 9.10. The summed E-state index contributed by atoms with van der Waals surface area (Å²) in [7, 11) is 0. The molecular weight excluding hydrogens is 703 g/mol. The third kappa shape index (κ3) is 6.43. The first kappa shape index (κ1) is 29.6. The predicted molar refractivity (Wildman–Crippen MR) is 162 cm³/mol. The van der Waals surface area contributed by atoms with E-state index in [1.807, 2.05) is 24.3 Å². The molecule has 12 heteroatoms. The van der Waals surface area contributed by atoms with Crippen LogP contribution in [0.3, 0.4) is 0 Å². The first-order valence-corrected chi connectivity index (χ1v) is 14.1. The summed E-state index contributed by atoms with van der Waals surface area (Å²) < 4.78 is 46.1. The third-order valence-corrected chi connectivity index (χ3v) is 7.42. The number of carbonyl (C=O) groups is 2. The van der Waals surface area contributed by atoms with Gasteiger partial charge in [0.15, 0.2) is 0 Å². The van der Waals surface area contributed by atoms with E-state index < -0.39 is 23.6 Å². The Hall–Kier alpha value is -3.93. The van der Waals surface area contributed by atoms with Crippen LogP contribution < -0.4 is 10.2 Å². The number of aromatic amines is 1. The zero-order valence-corrected chi connectivity index (χ0v) is 25.0. The minimum absolute atomic E-state index is 0.0193. The number of hydrazone groups is 1. The summed E-state index contributed by atoms with van der Waals surface area (Å²) >= 11 is 13.3. The molecule has 42 heavy (non-hydrogen) atoms. The Morgan fingerprint density at radius 1 is 0.929 bits per heavy atom. The summed E-state index contributed by atoms with van der Waals surface area (Å²) in [5.74, 6) is -1.53. The van der Waals surface area contributed by atoms with Crippen molar-refractivity contribution in [1.82, 2.24) is 10.4 Å². The molecule has 1 amide bonds. The second kappa shape index (κ2) is 12.1. The fraction of sp³-hybridized carbons (Fsp3) is 0.0333. The molecule has 212 valence electrons. The first-order valence-electron chi connectivity index (χ1n) is 12.1. The lowest BCUT2D eigenvalue weighted by Crippen LogP contribution is -2.19. The number of esters is 1. The Bertz CT molecular complexity index is 1870. The van der Waals surface area contributed by atoms with E-state index in [1.165, 1.54) is 18.3 Å². The molecule has 0 saturated carbocycles. The minimum atomic E-state index is -4.61. The molecule has 0 aliphatic carbocycles. The number of amides is 1. The van der Waals surface area contributed by atoms with Crippen LogP contribution in [0.5, 0.6) is 5.75 Å². The monoisotopic (exact) mass is 717 g/mol. The zero-order chi connectivity index (χ0) is 30.0. The first-order chi connectivity index (χ1) is 20.0. The van der Waals surface area contributed by atoms with Gasteiger partial charge in [-0.25, -0.2) is 10.2 Å². The molecule has 0 aliphatic heterocycles. The number of hydrogen-bond acceptors (Lipinski definition) is 4. The van der Waals surface area contributed by atoms with E-state index >= 15 is 0 Å². The maximum absolute atomic E-state index is 13.3. The van der Waals surface area contributed by atoms with Crippen LogP contribution in [-0.2, 0) is 6.18 Å². The predicted octanol–water partition coefficient (Wildman–Crippen LogP) is 9.02. The fourth-order valence-corrected chi connectivity index (χ4v) is 5.16. The molecule has 0 bridgehead atoms. The van der Waals surface area contributed by atoms with Crippen molar-refractivity contribution in [2.24, 2.45) is 5.10 Å². The number of nitrogens with zero attached hydrogens (tertiary/aromatic N) is 1. The molecule has 4 aromatic carbocycles. The number of fused-ring (bicyclic) bond motifs is 1. The number of carbonyl (C=O) groups excluding carboxylic acids is 2. The van der Waals surface area contributed by atoms with Crippen LogP contribution in [0.25, 0.3) is 22.0 Å². The van der Waals surface area contributed by atoms with Crippen LogP contribution in [0.4, 0.5) is 13.2 Å². The Labute approximate surface area is 258 Å². The van der Waals surface area contributed by atoms with Gasteiger partial charge in [-0.1, -0.05) is 67.7 Å². The molecule has 0 aliphatic rings.